The van der Waals surface area contributed by atoms with Crippen LogP contribution >= 0.6 is 0 Å². The Morgan fingerprint density at radius 2 is 2.12 bits per heavy atom. The van der Waals surface area contributed by atoms with E-state index in [1.807, 2.05) is 13.0 Å². The van der Waals surface area contributed by atoms with Crippen LogP contribution in [0.2, 0.25) is 0 Å². The summed E-state index contributed by atoms with van der Waals surface area (Å²) in [7, 11) is 0. The molecule has 1 heterocycles. The zero-order valence-electron chi connectivity index (χ0n) is 9.56. The Balaban J connectivity index is 3.12. The number of amides is 1. The van der Waals surface area contributed by atoms with Crippen molar-refractivity contribution in [3.05, 3.63) is 33.7 Å². The zero-order chi connectivity index (χ0) is 12.3. The molecular formula is C11H17N3O2. The topological polar surface area (TPSA) is 91.1 Å². The van der Waals surface area contributed by atoms with Gasteiger partial charge in [0.15, 0.2) is 0 Å². The summed E-state index contributed by atoms with van der Waals surface area (Å²) >= 11 is 0. The van der Waals surface area contributed by atoms with Gasteiger partial charge in [0.1, 0.15) is 0 Å². The lowest BCUT2D eigenvalue weighted by Gasteiger charge is -2.14. The maximum atomic E-state index is 11.9. The molecule has 5 nitrogen and oxygen atoms in total. The molecule has 16 heavy (non-hydrogen) atoms. The fraction of sp³-hybridized carbons (Fsp3) is 0.455. The highest BCUT2D eigenvalue weighted by Gasteiger charge is 2.12. The van der Waals surface area contributed by atoms with Crippen LogP contribution < -0.4 is 17.0 Å². The van der Waals surface area contributed by atoms with Crippen molar-refractivity contribution < 1.29 is 4.79 Å². The van der Waals surface area contributed by atoms with Gasteiger partial charge >= 0.3 is 0 Å². The van der Waals surface area contributed by atoms with E-state index in [0.29, 0.717) is 12.1 Å². The van der Waals surface area contributed by atoms with Crippen molar-refractivity contribution in [2.75, 3.05) is 0 Å². The van der Waals surface area contributed by atoms with Gasteiger partial charge in [-0.25, -0.2) is 0 Å². The van der Waals surface area contributed by atoms with E-state index in [4.69, 9.17) is 11.5 Å². The van der Waals surface area contributed by atoms with Crippen LogP contribution in [0.5, 0.6) is 0 Å². The summed E-state index contributed by atoms with van der Waals surface area (Å²) in [5.74, 6) is -0.783. The summed E-state index contributed by atoms with van der Waals surface area (Å²) < 4.78 is 1.54. The minimum Gasteiger partial charge on any atom is -0.369 e. The number of pyridine rings is 1. The number of aryl methyl sites for hydroxylation is 1. The normalized spacial score (nSPS) is 12.4. The monoisotopic (exact) mass is 223 g/mol. The first-order valence-electron chi connectivity index (χ1n) is 5.16. The van der Waals surface area contributed by atoms with E-state index in [1.54, 1.807) is 13.0 Å². The third-order valence-corrected chi connectivity index (χ3v) is 2.63. The largest absolute Gasteiger partial charge is 0.369 e. The predicted octanol–water partition coefficient (Wildman–Crippen LogP) is -0.263. The van der Waals surface area contributed by atoms with E-state index in [-0.39, 0.29) is 18.0 Å². The van der Waals surface area contributed by atoms with E-state index in [2.05, 4.69) is 0 Å². The summed E-state index contributed by atoms with van der Waals surface area (Å²) in [4.78, 5) is 22.9. The highest BCUT2D eigenvalue weighted by molar-refractivity contribution is 5.76. The summed E-state index contributed by atoms with van der Waals surface area (Å²) in [5.41, 5.74) is 11.8. The molecule has 0 fully saturated rings. The van der Waals surface area contributed by atoms with Crippen LogP contribution in [0.3, 0.4) is 0 Å². The molecule has 0 aliphatic rings. The molecule has 1 amide bonds. The molecule has 0 bridgehead atoms. The van der Waals surface area contributed by atoms with Gasteiger partial charge in [-0.3, -0.25) is 9.59 Å². The van der Waals surface area contributed by atoms with Gasteiger partial charge in [-0.1, -0.05) is 13.0 Å². The number of nitrogens with two attached hydrogens (primary N) is 2. The molecule has 1 aromatic rings. The molecule has 1 unspecified atom stereocenters. The molecule has 5 heteroatoms. The highest BCUT2D eigenvalue weighted by atomic mass is 16.1. The molecule has 0 radical (unpaired) electrons. The molecule has 1 rings (SSSR count). The van der Waals surface area contributed by atoms with Crippen molar-refractivity contribution in [1.82, 2.24) is 4.57 Å². The zero-order valence-corrected chi connectivity index (χ0v) is 9.56. The molecule has 0 aliphatic carbocycles. The second-order valence-corrected chi connectivity index (χ2v) is 3.92. The Hall–Kier alpha value is -1.62. The van der Waals surface area contributed by atoms with Crippen LogP contribution in [0, 0.1) is 12.8 Å². The molecule has 1 atom stereocenters. The van der Waals surface area contributed by atoms with Crippen molar-refractivity contribution in [3.8, 4) is 0 Å². The fourth-order valence-corrected chi connectivity index (χ4v) is 1.46. The quantitative estimate of drug-likeness (QED) is 0.736. The Morgan fingerprint density at radius 1 is 1.50 bits per heavy atom. The van der Waals surface area contributed by atoms with E-state index < -0.39 is 5.91 Å². The van der Waals surface area contributed by atoms with E-state index >= 15 is 0 Å². The summed E-state index contributed by atoms with van der Waals surface area (Å²) in [5, 5.41) is 0. The smallest absolute Gasteiger partial charge is 0.255 e. The Morgan fingerprint density at radius 3 is 2.62 bits per heavy atom. The summed E-state index contributed by atoms with van der Waals surface area (Å²) in [6.07, 6.45) is 0. The van der Waals surface area contributed by atoms with Gasteiger partial charge in [0.25, 0.3) is 5.56 Å². The van der Waals surface area contributed by atoms with E-state index in [9.17, 15) is 9.59 Å². The average Bonchev–Trinajstić information content (AvgIpc) is 2.24. The van der Waals surface area contributed by atoms with E-state index in [1.165, 1.54) is 4.57 Å². The molecule has 4 N–H and O–H groups in total. The number of hydrogen-bond acceptors (Lipinski definition) is 3. The SMILES string of the molecule is Cc1ccc(CN)c(=O)n1CC(C)C(N)=O. The van der Waals surface area contributed by atoms with Crippen LogP contribution in [-0.2, 0) is 17.9 Å². The summed E-state index contributed by atoms with van der Waals surface area (Å²) in [6.45, 7) is 4.01. The third kappa shape index (κ3) is 2.49. The van der Waals surface area contributed by atoms with Crippen molar-refractivity contribution >= 4 is 5.91 Å². The van der Waals surface area contributed by atoms with Gasteiger partial charge in [-0.15, -0.1) is 0 Å². The molecule has 1 aromatic heterocycles. The van der Waals surface area contributed by atoms with Gasteiger partial charge in [-0.2, -0.15) is 0 Å². The second kappa shape index (κ2) is 4.94. The van der Waals surface area contributed by atoms with Crippen LogP contribution in [0.25, 0.3) is 0 Å². The van der Waals surface area contributed by atoms with Gasteiger partial charge in [0.2, 0.25) is 5.91 Å². The molecule has 0 aliphatic heterocycles. The van der Waals surface area contributed by atoms with Gasteiger partial charge in [-0.05, 0) is 13.0 Å². The van der Waals surface area contributed by atoms with Crippen LogP contribution in [0.4, 0.5) is 0 Å². The summed E-state index contributed by atoms with van der Waals surface area (Å²) in [6, 6.07) is 3.53. The maximum Gasteiger partial charge on any atom is 0.255 e. The maximum absolute atomic E-state index is 11.9. The lowest BCUT2D eigenvalue weighted by atomic mass is 10.1. The lowest BCUT2D eigenvalue weighted by molar-refractivity contribution is -0.121. The van der Waals surface area contributed by atoms with Gasteiger partial charge in [0, 0.05) is 24.3 Å². The first kappa shape index (κ1) is 12.4. The number of aromatic nitrogens is 1. The molecular weight excluding hydrogens is 206 g/mol. The Labute approximate surface area is 94.1 Å². The highest BCUT2D eigenvalue weighted by Crippen LogP contribution is 2.03. The van der Waals surface area contributed by atoms with Crippen LogP contribution in [0.1, 0.15) is 18.2 Å². The number of rotatable bonds is 4. The van der Waals surface area contributed by atoms with Crippen molar-refractivity contribution in [2.24, 2.45) is 17.4 Å². The number of carbonyl (C=O) groups excluding carboxylic acids is 1. The van der Waals surface area contributed by atoms with E-state index in [0.717, 1.165) is 5.69 Å². The first-order valence-corrected chi connectivity index (χ1v) is 5.16. The average molecular weight is 223 g/mol. The molecule has 0 aromatic carbocycles. The number of hydrogen-bond donors (Lipinski definition) is 2. The molecule has 88 valence electrons. The van der Waals surface area contributed by atoms with Crippen molar-refractivity contribution in [2.45, 2.75) is 26.9 Å². The Bertz CT molecular complexity index is 451. The van der Waals surface area contributed by atoms with Crippen LogP contribution in [0.15, 0.2) is 16.9 Å². The van der Waals surface area contributed by atoms with Gasteiger partial charge < -0.3 is 16.0 Å². The fourth-order valence-electron chi connectivity index (χ4n) is 1.46. The second-order valence-electron chi connectivity index (χ2n) is 3.92. The minimum atomic E-state index is -0.413. The predicted molar refractivity (Wildman–Crippen MR) is 61.7 cm³/mol. The molecule has 0 saturated carbocycles. The first-order chi connectivity index (χ1) is 7.47. The minimum absolute atomic E-state index is 0.143. The lowest BCUT2D eigenvalue weighted by Crippen LogP contribution is -2.33. The number of primary amides is 1. The Kier molecular flexibility index (Phi) is 3.84. The van der Waals surface area contributed by atoms with Crippen LogP contribution in [-0.4, -0.2) is 10.5 Å². The number of carbonyl (C=O) groups is 1. The third-order valence-electron chi connectivity index (χ3n) is 2.63. The van der Waals surface area contributed by atoms with Crippen molar-refractivity contribution in [1.29, 1.82) is 0 Å². The van der Waals surface area contributed by atoms with Crippen molar-refractivity contribution in [3.63, 3.8) is 0 Å². The number of nitrogens with zero attached hydrogens (tertiary/aromatic N) is 1. The standard InChI is InChI=1S/C11H17N3O2/c1-7(10(13)15)6-14-8(2)3-4-9(5-12)11(14)16/h3-4,7H,5-6,12H2,1-2H3,(H2,13,15). The van der Waals surface area contributed by atoms with Gasteiger partial charge in [0.05, 0.1) is 5.92 Å². The molecule has 0 saturated heterocycles. The molecule has 0 spiro atoms.